The van der Waals surface area contributed by atoms with E-state index in [1.54, 1.807) is 19.1 Å². The number of carbonyl (C=O) groups is 1. The molecular formula is C15H13Cl3N2O3. The zero-order chi connectivity index (χ0) is 17.0. The molecule has 8 heteroatoms. The first-order chi connectivity index (χ1) is 10.9. The number of amides is 1. The molecule has 0 spiro atoms. The highest BCUT2D eigenvalue weighted by molar-refractivity contribution is 6.43. The molecule has 2 rings (SSSR count). The summed E-state index contributed by atoms with van der Waals surface area (Å²) >= 11 is 17.7. The zero-order valence-electron chi connectivity index (χ0n) is 12.3. The minimum Gasteiger partial charge on any atom is -0.479 e. The molecule has 0 saturated carbocycles. The third-order valence-corrected chi connectivity index (χ3v) is 3.79. The number of hydrogen-bond acceptors (Lipinski definition) is 4. The first-order valence-corrected chi connectivity index (χ1v) is 7.70. The Labute approximate surface area is 148 Å². The Bertz CT molecular complexity index is 744. The lowest BCUT2D eigenvalue weighted by Gasteiger charge is -2.14. The van der Waals surface area contributed by atoms with Gasteiger partial charge in [-0.3, -0.25) is 4.79 Å². The van der Waals surface area contributed by atoms with Gasteiger partial charge in [0.25, 0.3) is 5.91 Å². The average Bonchev–Trinajstić information content (AvgIpc) is 2.90. The van der Waals surface area contributed by atoms with Crippen molar-refractivity contribution in [1.29, 1.82) is 0 Å². The molecule has 2 aromatic rings. The smallest absolute Gasteiger partial charge is 0.280 e. The van der Waals surface area contributed by atoms with Crippen molar-refractivity contribution >= 4 is 46.9 Å². The number of nitrogens with zero attached hydrogens (tertiary/aromatic N) is 1. The molecule has 0 saturated heterocycles. The molecular weight excluding hydrogens is 363 g/mol. The predicted molar refractivity (Wildman–Crippen MR) is 90.7 cm³/mol. The summed E-state index contributed by atoms with van der Waals surface area (Å²) in [6, 6.07) is 6.43. The summed E-state index contributed by atoms with van der Waals surface area (Å²) in [4.78, 5) is 11.9. The van der Waals surface area contributed by atoms with E-state index in [2.05, 4.69) is 10.5 Å². The van der Waals surface area contributed by atoms with Gasteiger partial charge >= 0.3 is 0 Å². The summed E-state index contributed by atoms with van der Waals surface area (Å²) in [5.74, 6) is 1.09. The van der Waals surface area contributed by atoms with Crippen LogP contribution in [0.3, 0.4) is 0 Å². The largest absolute Gasteiger partial charge is 0.479 e. The van der Waals surface area contributed by atoms with Crippen LogP contribution in [0.1, 0.15) is 18.4 Å². The summed E-state index contributed by atoms with van der Waals surface area (Å²) < 4.78 is 10.8. The lowest BCUT2D eigenvalue weighted by atomic mass is 10.3. The van der Waals surface area contributed by atoms with E-state index in [-0.39, 0.29) is 15.8 Å². The molecule has 1 atom stereocenters. The summed E-state index contributed by atoms with van der Waals surface area (Å²) in [5.41, 5.74) is 2.35. The minimum absolute atomic E-state index is 0.258. The van der Waals surface area contributed by atoms with Gasteiger partial charge in [0.15, 0.2) is 6.10 Å². The van der Waals surface area contributed by atoms with Crippen molar-refractivity contribution in [2.24, 2.45) is 5.10 Å². The number of carbonyl (C=O) groups excluding carboxylic acids is 1. The van der Waals surface area contributed by atoms with Crippen LogP contribution in [0.5, 0.6) is 5.75 Å². The van der Waals surface area contributed by atoms with Crippen molar-refractivity contribution in [2.45, 2.75) is 20.0 Å². The molecule has 0 fully saturated rings. The number of furan rings is 1. The molecule has 1 amide bonds. The summed E-state index contributed by atoms with van der Waals surface area (Å²) in [6.07, 6.45) is 0.559. The zero-order valence-corrected chi connectivity index (χ0v) is 14.5. The van der Waals surface area contributed by atoms with E-state index in [0.29, 0.717) is 10.8 Å². The molecule has 23 heavy (non-hydrogen) atoms. The molecule has 0 aliphatic rings. The van der Waals surface area contributed by atoms with Crippen molar-refractivity contribution in [3.05, 3.63) is 50.9 Å². The van der Waals surface area contributed by atoms with Gasteiger partial charge in [0.1, 0.15) is 17.3 Å². The van der Waals surface area contributed by atoms with Crippen molar-refractivity contribution in [3.63, 3.8) is 0 Å². The maximum Gasteiger partial charge on any atom is 0.280 e. The number of benzene rings is 1. The third kappa shape index (κ3) is 4.89. The number of rotatable bonds is 5. The fourth-order valence-electron chi connectivity index (χ4n) is 1.61. The van der Waals surface area contributed by atoms with Gasteiger partial charge in [-0.2, -0.15) is 5.10 Å². The van der Waals surface area contributed by atoms with E-state index >= 15 is 0 Å². The molecule has 1 aromatic carbocycles. The Morgan fingerprint density at radius 3 is 2.61 bits per heavy atom. The van der Waals surface area contributed by atoms with Crippen LogP contribution >= 0.6 is 34.8 Å². The number of hydrazone groups is 1. The maximum absolute atomic E-state index is 11.9. The second kappa shape index (κ2) is 7.73. The number of aryl methyl sites for hydroxylation is 1. The van der Waals surface area contributed by atoms with Gasteiger partial charge in [0.05, 0.1) is 21.3 Å². The topological polar surface area (TPSA) is 63.8 Å². The quantitative estimate of drug-likeness (QED) is 0.476. The number of nitrogens with one attached hydrogen (secondary N) is 1. The lowest BCUT2D eigenvalue weighted by Crippen LogP contribution is -2.33. The molecule has 1 heterocycles. The van der Waals surface area contributed by atoms with Gasteiger partial charge in [-0.05, 0) is 32.0 Å². The van der Waals surface area contributed by atoms with E-state index in [1.807, 2.05) is 6.92 Å². The Kier molecular flexibility index (Phi) is 5.93. The molecule has 0 aliphatic carbocycles. The van der Waals surface area contributed by atoms with Crippen LogP contribution in [0.25, 0.3) is 0 Å². The van der Waals surface area contributed by atoms with Gasteiger partial charge in [0.2, 0.25) is 0 Å². The molecule has 0 radical (unpaired) electrons. The van der Waals surface area contributed by atoms with E-state index in [1.165, 1.54) is 18.3 Å². The standard InChI is InChI=1S/C15H13Cl3N2O3/c1-8-3-4-10(22-8)7-19-20-15(21)9(2)23-14-6-12(17)11(16)5-13(14)18/h3-7,9H,1-2H3,(H,20,21)/b19-7-. The van der Waals surface area contributed by atoms with Crippen molar-refractivity contribution in [2.75, 3.05) is 0 Å². The third-order valence-electron chi connectivity index (χ3n) is 2.78. The van der Waals surface area contributed by atoms with Crippen LogP contribution in [-0.2, 0) is 4.79 Å². The first-order valence-electron chi connectivity index (χ1n) is 6.57. The van der Waals surface area contributed by atoms with Gasteiger partial charge in [-0.25, -0.2) is 5.43 Å². The van der Waals surface area contributed by atoms with Crippen LogP contribution in [0.2, 0.25) is 15.1 Å². The molecule has 5 nitrogen and oxygen atoms in total. The van der Waals surface area contributed by atoms with E-state index in [9.17, 15) is 4.79 Å². The van der Waals surface area contributed by atoms with Crippen LogP contribution in [0.4, 0.5) is 0 Å². The van der Waals surface area contributed by atoms with Crippen molar-refractivity contribution < 1.29 is 13.9 Å². The Morgan fingerprint density at radius 1 is 1.26 bits per heavy atom. The molecule has 1 unspecified atom stereocenters. The molecule has 1 N–H and O–H groups in total. The van der Waals surface area contributed by atoms with Gasteiger partial charge < -0.3 is 9.15 Å². The van der Waals surface area contributed by atoms with Crippen molar-refractivity contribution in [3.8, 4) is 5.75 Å². The van der Waals surface area contributed by atoms with E-state index in [0.717, 1.165) is 5.76 Å². The fourth-order valence-corrected chi connectivity index (χ4v) is 2.19. The lowest BCUT2D eigenvalue weighted by molar-refractivity contribution is -0.127. The van der Waals surface area contributed by atoms with Crippen LogP contribution < -0.4 is 10.2 Å². The number of ether oxygens (including phenoxy) is 1. The number of hydrogen-bond donors (Lipinski definition) is 1. The molecule has 0 bridgehead atoms. The second-order valence-corrected chi connectivity index (χ2v) is 5.86. The monoisotopic (exact) mass is 374 g/mol. The van der Waals surface area contributed by atoms with Crippen LogP contribution in [-0.4, -0.2) is 18.2 Å². The Balaban J connectivity index is 1.95. The van der Waals surface area contributed by atoms with E-state index < -0.39 is 12.0 Å². The van der Waals surface area contributed by atoms with Gasteiger partial charge in [0, 0.05) is 6.07 Å². The number of halogens is 3. The average molecular weight is 376 g/mol. The van der Waals surface area contributed by atoms with Gasteiger partial charge in [-0.15, -0.1) is 0 Å². The normalized spacial score (nSPS) is 12.4. The minimum atomic E-state index is -0.833. The first kappa shape index (κ1) is 17.7. The van der Waals surface area contributed by atoms with Crippen LogP contribution in [0, 0.1) is 6.92 Å². The van der Waals surface area contributed by atoms with Crippen LogP contribution in [0.15, 0.2) is 33.8 Å². The summed E-state index contributed by atoms with van der Waals surface area (Å²) in [6.45, 7) is 3.37. The molecule has 0 aliphatic heterocycles. The second-order valence-electron chi connectivity index (χ2n) is 4.64. The summed E-state index contributed by atoms with van der Waals surface area (Å²) in [5, 5.41) is 4.64. The maximum atomic E-state index is 11.9. The highest BCUT2D eigenvalue weighted by atomic mass is 35.5. The predicted octanol–water partition coefficient (Wildman–Crippen LogP) is 4.47. The highest BCUT2D eigenvalue weighted by Gasteiger charge is 2.17. The van der Waals surface area contributed by atoms with E-state index in [4.69, 9.17) is 44.0 Å². The Morgan fingerprint density at radius 2 is 1.96 bits per heavy atom. The fraction of sp³-hybridized carbons (Fsp3) is 0.200. The highest BCUT2D eigenvalue weighted by Crippen LogP contribution is 2.34. The van der Waals surface area contributed by atoms with Gasteiger partial charge in [-0.1, -0.05) is 34.8 Å². The Hall–Kier alpha value is -1.69. The molecule has 122 valence electrons. The van der Waals surface area contributed by atoms with Crippen molar-refractivity contribution in [1.82, 2.24) is 5.43 Å². The molecule has 1 aromatic heterocycles. The SMILES string of the molecule is Cc1ccc(/C=N\NC(=O)C(C)Oc2cc(Cl)c(Cl)cc2Cl)o1. The summed E-state index contributed by atoms with van der Waals surface area (Å²) in [7, 11) is 0.